The van der Waals surface area contributed by atoms with Crippen LogP contribution in [0.3, 0.4) is 0 Å². The number of nitrogens with one attached hydrogen (secondary N) is 2. The van der Waals surface area contributed by atoms with E-state index in [1.54, 1.807) is 0 Å². The maximum atomic E-state index is 11.2. The molecule has 6 nitrogen and oxygen atoms in total. The molecule has 2 N–H and O–H groups in total. The van der Waals surface area contributed by atoms with Gasteiger partial charge in [0.25, 0.3) is 0 Å². The SMILES string of the molecule is C/C=C/[C@H]1CC1c1cc(/C(C=O)=C/NC(=O)NC)nnc1C. The minimum atomic E-state index is -0.394. The van der Waals surface area contributed by atoms with Crippen molar-refractivity contribution >= 4 is 17.9 Å². The number of nitrogens with zero attached hydrogens (tertiary/aromatic N) is 2. The first kappa shape index (κ1) is 15.9. The summed E-state index contributed by atoms with van der Waals surface area (Å²) in [6.07, 6.45) is 7.33. The number of aryl methyl sites for hydroxylation is 1. The molecule has 1 unspecified atom stereocenters. The van der Waals surface area contributed by atoms with Gasteiger partial charge in [-0.3, -0.25) is 4.79 Å². The van der Waals surface area contributed by atoms with E-state index in [-0.39, 0.29) is 0 Å². The van der Waals surface area contributed by atoms with Crippen molar-refractivity contribution in [2.75, 3.05) is 7.05 Å². The van der Waals surface area contributed by atoms with E-state index in [1.165, 1.54) is 13.2 Å². The van der Waals surface area contributed by atoms with Crippen LogP contribution in [0.1, 0.15) is 36.2 Å². The van der Waals surface area contributed by atoms with E-state index in [0.717, 1.165) is 17.7 Å². The maximum Gasteiger partial charge on any atom is 0.318 e. The Kier molecular flexibility index (Phi) is 5.04. The quantitative estimate of drug-likeness (QED) is 0.494. The van der Waals surface area contributed by atoms with Crippen LogP contribution in [0.5, 0.6) is 0 Å². The summed E-state index contributed by atoms with van der Waals surface area (Å²) in [4.78, 5) is 22.4. The molecule has 1 heterocycles. The topological polar surface area (TPSA) is 84.0 Å². The van der Waals surface area contributed by atoms with Gasteiger partial charge in [0.1, 0.15) is 0 Å². The van der Waals surface area contributed by atoms with Gasteiger partial charge in [-0.15, -0.1) is 0 Å². The molecule has 1 fully saturated rings. The Morgan fingerprint density at radius 1 is 1.41 bits per heavy atom. The summed E-state index contributed by atoms with van der Waals surface area (Å²) < 4.78 is 0. The number of carbonyl (C=O) groups excluding carboxylic acids is 2. The van der Waals surface area contributed by atoms with Crippen LogP contribution in [-0.2, 0) is 4.79 Å². The van der Waals surface area contributed by atoms with Gasteiger partial charge in [0.2, 0.25) is 0 Å². The van der Waals surface area contributed by atoms with Crippen LogP contribution in [0.2, 0.25) is 0 Å². The molecular weight excluding hydrogens is 280 g/mol. The van der Waals surface area contributed by atoms with Crippen LogP contribution >= 0.6 is 0 Å². The average molecular weight is 300 g/mol. The molecule has 116 valence electrons. The van der Waals surface area contributed by atoms with E-state index >= 15 is 0 Å². The van der Waals surface area contributed by atoms with Crippen molar-refractivity contribution in [3.05, 3.63) is 41.4 Å². The minimum Gasteiger partial charge on any atom is -0.341 e. The molecule has 22 heavy (non-hydrogen) atoms. The first-order chi connectivity index (χ1) is 10.6. The van der Waals surface area contributed by atoms with Crippen molar-refractivity contribution in [2.24, 2.45) is 5.92 Å². The average Bonchev–Trinajstić information content (AvgIpc) is 3.28. The molecule has 2 rings (SSSR count). The van der Waals surface area contributed by atoms with Crippen LogP contribution in [0.4, 0.5) is 4.79 Å². The highest BCUT2D eigenvalue weighted by Gasteiger charge is 2.37. The second-order valence-electron chi connectivity index (χ2n) is 5.24. The molecule has 1 aromatic heterocycles. The highest BCUT2D eigenvalue weighted by atomic mass is 16.2. The number of allylic oxidation sites excluding steroid dienone is 3. The van der Waals surface area contributed by atoms with Gasteiger partial charge in [-0.2, -0.15) is 10.2 Å². The van der Waals surface area contributed by atoms with E-state index in [2.05, 4.69) is 33.0 Å². The lowest BCUT2D eigenvalue weighted by molar-refractivity contribution is -0.103. The van der Waals surface area contributed by atoms with Crippen molar-refractivity contribution < 1.29 is 9.59 Å². The van der Waals surface area contributed by atoms with Crippen LogP contribution in [-0.4, -0.2) is 29.6 Å². The number of aromatic nitrogens is 2. The Balaban J connectivity index is 2.24. The highest BCUT2D eigenvalue weighted by molar-refractivity contribution is 6.06. The smallest absolute Gasteiger partial charge is 0.318 e. The number of hydrogen-bond acceptors (Lipinski definition) is 4. The lowest BCUT2D eigenvalue weighted by atomic mass is 10.1. The van der Waals surface area contributed by atoms with Crippen LogP contribution in [0.25, 0.3) is 5.57 Å². The molecule has 0 aliphatic heterocycles. The third-order valence-electron chi connectivity index (χ3n) is 3.71. The van der Waals surface area contributed by atoms with Gasteiger partial charge in [-0.1, -0.05) is 12.2 Å². The Morgan fingerprint density at radius 3 is 2.82 bits per heavy atom. The van der Waals surface area contributed by atoms with Gasteiger partial charge in [-0.05, 0) is 43.7 Å². The summed E-state index contributed by atoms with van der Waals surface area (Å²) in [7, 11) is 1.50. The lowest BCUT2D eigenvalue weighted by Crippen LogP contribution is -2.28. The summed E-state index contributed by atoms with van der Waals surface area (Å²) in [5.41, 5.74) is 2.75. The van der Waals surface area contributed by atoms with Crippen molar-refractivity contribution in [1.82, 2.24) is 20.8 Å². The molecule has 2 amide bonds. The van der Waals surface area contributed by atoms with Crippen molar-refractivity contribution in [1.29, 1.82) is 0 Å². The summed E-state index contributed by atoms with van der Waals surface area (Å²) in [5.74, 6) is 0.971. The number of carbonyl (C=O) groups is 2. The fourth-order valence-electron chi connectivity index (χ4n) is 2.40. The molecule has 0 bridgehead atoms. The molecule has 1 aromatic rings. The number of hydrogen-bond donors (Lipinski definition) is 2. The van der Waals surface area contributed by atoms with Crippen LogP contribution < -0.4 is 10.6 Å². The largest absolute Gasteiger partial charge is 0.341 e. The van der Waals surface area contributed by atoms with Gasteiger partial charge in [0.15, 0.2) is 6.29 Å². The third kappa shape index (κ3) is 3.58. The van der Waals surface area contributed by atoms with Crippen molar-refractivity contribution in [2.45, 2.75) is 26.2 Å². The Labute approximate surface area is 129 Å². The molecule has 1 saturated carbocycles. The Bertz CT molecular complexity index is 637. The summed E-state index contributed by atoms with van der Waals surface area (Å²) in [5, 5.41) is 13.1. The predicted molar refractivity (Wildman–Crippen MR) is 84.1 cm³/mol. The molecule has 0 saturated heterocycles. The Hall–Kier alpha value is -2.50. The fraction of sp³-hybridized carbons (Fsp3) is 0.375. The number of urea groups is 1. The second-order valence-corrected chi connectivity index (χ2v) is 5.24. The van der Waals surface area contributed by atoms with Gasteiger partial charge >= 0.3 is 6.03 Å². The van der Waals surface area contributed by atoms with Gasteiger partial charge in [0, 0.05) is 13.2 Å². The van der Waals surface area contributed by atoms with Crippen molar-refractivity contribution in [3.8, 4) is 0 Å². The van der Waals surface area contributed by atoms with Crippen LogP contribution in [0.15, 0.2) is 24.4 Å². The minimum absolute atomic E-state index is 0.292. The standard InChI is InChI=1S/C16H20N4O2/c1-4-5-11-6-14(11)13-7-15(20-19-10(13)2)12(9-21)8-18-16(22)17-3/h4-5,7-9,11,14H,6H2,1-3H3,(H2,17,18,22)/b5-4+,12-8+/t11-,14?/m0/s1. The molecule has 6 heteroatoms. The van der Waals surface area contributed by atoms with Crippen molar-refractivity contribution in [3.63, 3.8) is 0 Å². The zero-order valence-electron chi connectivity index (χ0n) is 13.0. The van der Waals surface area contributed by atoms with E-state index in [1.807, 2.05) is 19.9 Å². The number of amides is 2. The summed E-state index contributed by atoms with van der Waals surface area (Å²) in [6, 6.07) is 1.50. The van der Waals surface area contributed by atoms with E-state index < -0.39 is 6.03 Å². The molecule has 0 radical (unpaired) electrons. The zero-order valence-corrected chi connectivity index (χ0v) is 13.0. The van der Waals surface area contributed by atoms with E-state index in [4.69, 9.17) is 0 Å². The first-order valence-corrected chi connectivity index (χ1v) is 7.21. The highest BCUT2D eigenvalue weighted by Crippen LogP contribution is 2.49. The Morgan fingerprint density at radius 2 is 2.18 bits per heavy atom. The van der Waals surface area contributed by atoms with E-state index in [9.17, 15) is 9.59 Å². The summed E-state index contributed by atoms with van der Waals surface area (Å²) in [6.45, 7) is 3.93. The molecule has 0 aromatic carbocycles. The van der Waals surface area contributed by atoms with Gasteiger partial charge in [-0.25, -0.2) is 4.79 Å². The molecule has 2 atom stereocenters. The molecule has 1 aliphatic rings. The monoisotopic (exact) mass is 300 g/mol. The van der Waals surface area contributed by atoms with Gasteiger partial charge < -0.3 is 10.6 Å². The normalized spacial score (nSPS) is 20.8. The fourth-order valence-corrected chi connectivity index (χ4v) is 2.40. The summed E-state index contributed by atoms with van der Waals surface area (Å²) >= 11 is 0. The second kappa shape index (κ2) is 6.98. The first-order valence-electron chi connectivity index (χ1n) is 7.21. The predicted octanol–water partition coefficient (Wildman–Crippen LogP) is 1.93. The lowest BCUT2D eigenvalue weighted by Gasteiger charge is -2.06. The maximum absolute atomic E-state index is 11.2. The molecule has 1 aliphatic carbocycles. The third-order valence-corrected chi connectivity index (χ3v) is 3.71. The van der Waals surface area contributed by atoms with E-state index in [0.29, 0.717) is 29.4 Å². The van der Waals surface area contributed by atoms with Gasteiger partial charge in [0.05, 0.1) is 17.0 Å². The zero-order chi connectivity index (χ0) is 16.1. The molecular formula is C16H20N4O2. The van der Waals surface area contributed by atoms with Crippen LogP contribution in [0, 0.1) is 12.8 Å². The number of aldehydes is 1. The number of rotatable bonds is 5. The molecule has 0 spiro atoms.